The first kappa shape index (κ1) is 20.5. The van der Waals surface area contributed by atoms with Gasteiger partial charge >= 0.3 is 0 Å². The predicted octanol–water partition coefficient (Wildman–Crippen LogP) is 1.33. The summed E-state index contributed by atoms with van der Waals surface area (Å²) in [5, 5.41) is 6.49. The van der Waals surface area contributed by atoms with Crippen molar-refractivity contribution < 1.29 is 14.3 Å². The molecule has 0 bridgehead atoms. The zero-order chi connectivity index (χ0) is 17.0. The van der Waals surface area contributed by atoms with Crippen LogP contribution in [0.5, 0.6) is 0 Å². The van der Waals surface area contributed by atoms with Gasteiger partial charge in [-0.1, -0.05) is 12.8 Å². The first-order valence-electron chi connectivity index (χ1n) is 9.40. The van der Waals surface area contributed by atoms with E-state index in [4.69, 9.17) is 4.74 Å². The maximum Gasteiger partial charge on any atom is 0.225 e. The highest BCUT2D eigenvalue weighted by Gasteiger charge is 2.39. The molecular formula is C18H32ClN3O3. The standard InChI is InChI=1S/C18H31N3O3.ClH/c1-24-13-18(6-8-19-9-7-18)12-20-17(23)14-10-16(22)21(11-14)15-4-2-3-5-15;/h14-15,19H,2-13H2,1H3,(H,20,23);1H. The van der Waals surface area contributed by atoms with Gasteiger partial charge in [-0.3, -0.25) is 9.59 Å². The van der Waals surface area contributed by atoms with E-state index in [0.717, 1.165) is 38.8 Å². The number of methoxy groups -OCH3 is 1. The molecule has 1 aliphatic carbocycles. The van der Waals surface area contributed by atoms with Gasteiger partial charge in [0, 0.05) is 38.1 Å². The van der Waals surface area contributed by atoms with Crippen LogP contribution in [0.15, 0.2) is 0 Å². The Morgan fingerprint density at radius 2 is 2.00 bits per heavy atom. The monoisotopic (exact) mass is 373 g/mol. The summed E-state index contributed by atoms with van der Waals surface area (Å²) in [5.74, 6) is 0.0211. The lowest BCUT2D eigenvalue weighted by molar-refractivity contribution is -0.130. The summed E-state index contributed by atoms with van der Waals surface area (Å²) >= 11 is 0. The highest BCUT2D eigenvalue weighted by Crippen LogP contribution is 2.31. The summed E-state index contributed by atoms with van der Waals surface area (Å²) in [4.78, 5) is 26.8. The van der Waals surface area contributed by atoms with E-state index < -0.39 is 0 Å². The Labute approximate surface area is 156 Å². The van der Waals surface area contributed by atoms with Crippen molar-refractivity contribution >= 4 is 24.2 Å². The minimum atomic E-state index is -0.181. The van der Waals surface area contributed by atoms with Crippen LogP contribution in [0.3, 0.4) is 0 Å². The summed E-state index contributed by atoms with van der Waals surface area (Å²) in [5.41, 5.74) is 0.0312. The molecule has 2 aliphatic heterocycles. The molecule has 1 saturated carbocycles. The first-order valence-corrected chi connectivity index (χ1v) is 9.40. The number of rotatable bonds is 6. The van der Waals surface area contributed by atoms with Gasteiger partial charge in [0.1, 0.15) is 0 Å². The topological polar surface area (TPSA) is 70.7 Å². The van der Waals surface area contributed by atoms with Gasteiger partial charge in [-0.2, -0.15) is 0 Å². The average molecular weight is 374 g/mol. The molecule has 2 saturated heterocycles. The third-order valence-corrected chi connectivity index (χ3v) is 6.05. The Morgan fingerprint density at radius 1 is 1.32 bits per heavy atom. The minimum Gasteiger partial charge on any atom is -0.384 e. The third kappa shape index (κ3) is 4.86. The van der Waals surface area contributed by atoms with E-state index in [2.05, 4.69) is 10.6 Å². The first-order chi connectivity index (χ1) is 11.6. The van der Waals surface area contributed by atoms with Crippen molar-refractivity contribution in [1.82, 2.24) is 15.5 Å². The molecule has 0 spiro atoms. The smallest absolute Gasteiger partial charge is 0.225 e. The molecule has 7 heteroatoms. The second-order valence-corrected chi connectivity index (χ2v) is 7.79. The number of hydrogen-bond donors (Lipinski definition) is 2. The number of carbonyl (C=O) groups is 2. The molecule has 1 unspecified atom stereocenters. The van der Waals surface area contributed by atoms with Gasteiger partial charge in [-0.05, 0) is 38.8 Å². The Bertz CT molecular complexity index is 457. The highest BCUT2D eigenvalue weighted by molar-refractivity contribution is 5.89. The third-order valence-electron chi connectivity index (χ3n) is 6.05. The molecule has 2 N–H and O–H groups in total. The van der Waals surface area contributed by atoms with Crippen molar-refractivity contribution in [3.8, 4) is 0 Å². The van der Waals surface area contributed by atoms with Gasteiger partial charge in [-0.15, -0.1) is 12.4 Å². The largest absolute Gasteiger partial charge is 0.384 e. The van der Waals surface area contributed by atoms with Crippen LogP contribution in [0, 0.1) is 11.3 Å². The second-order valence-electron chi connectivity index (χ2n) is 7.79. The van der Waals surface area contributed by atoms with Gasteiger partial charge in [0.05, 0.1) is 12.5 Å². The molecular weight excluding hydrogens is 342 g/mol. The number of nitrogens with one attached hydrogen (secondary N) is 2. The number of carbonyl (C=O) groups excluding carboxylic acids is 2. The Hall–Kier alpha value is -0.850. The zero-order valence-electron chi connectivity index (χ0n) is 15.2. The summed E-state index contributed by atoms with van der Waals surface area (Å²) in [6.45, 7) is 3.86. The lowest BCUT2D eigenvalue weighted by atomic mass is 9.79. The number of nitrogens with zero attached hydrogens (tertiary/aromatic N) is 1. The van der Waals surface area contributed by atoms with Crippen LogP contribution in [-0.4, -0.2) is 62.7 Å². The van der Waals surface area contributed by atoms with Gasteiger partial charge in [0.15, 0.2) is 0 Å². The maximum atomic E-state index is 12.6. The van der Waals surface area contributed by atoms with Crippen molar-refractivity contribution in [3.05, 3.63) is 0 Å². The van der Waals surface area contributed by atoms with Crippen molar-refractivity contribution in [3.63, 3.8) is 0 Å². The van der Waals surface area contributed by atoms with E-state index >= 15 is 0 Å². The molecule has 3 fully saturated rings. The highest BCUT2D eigenvalue weighted by atomic mass is 35.5. The molecule has 0 radical (unpaired) electrons. The van der Waals surface area contributed by atoms with E-state index in [1.54, 1.807) is 7.11 Å². The average Bonchev–Trinajstić information content (AvgIpc) is 3.23. The molecule has 1 atom stereocenters. The Morgan fingerprint density at radius 3 is 2.64 bits per heavy atom. The van der Waals surface area contributed by atoms with Crippen molar-refractivity contribution in [2.75, 3.05) is 39.9 Å². The van der Waals surface area contributed by atoms with Crippen LogP contribution in [0.1, 0.15) is 44.9 Å². The molecule has 2 amide bonds. The van der Waals surface area contributed by atoms with Crippen molar-refractivity contribution in [2.24, 2.45) is 11.3 Å². The molecule has 3 aliphatic rings. The quantitative estimate of drug-likeness (QED) is 0.737. The van der Waals surface area contributed by atoms with Crippen LogP contribution in [0.4, 0.5) is 0 Å². The maximum absolute atomic E-state index is 12.6. The molecule has 3 rings (SSSR count). The van der Waals surface area contributed by atoms with E-state index in [1.165, 1.54) is 12.8 Å². The Kier molecular flexibility index (Phi) is 7.52. The fourth-order valence-corrected chi connectivity index (χ4v) is 4.53. The van der Waals surface area contributed by atoms with E-state index in [1.807, 2.05) is 4.90 Å². The van der Waals surface area contributed by atoms with Crippen LogP contribution in [-0.2, 0) is 14.3 Å². The second kappa shape index (κ2) is 9.19. The number of hydrogen-bond acceptors (Lipinski definition) is 4. The molecule has 2 heterocycles. The molecule has 0 aromatic heterocycles. The van der Waals surface area contributed by atoms with Crippen LogP contribution in [0.2, 0.25) is 0 Å². The molecule has 0 aromatic rings. The van der Waals surface area contributed by atoms with E-state index in [-0.39, 0.29) is 35.6 Å². The number of amides is 2. The predicted molar refractivity (Wildman–Crippen MR) is 98.7 cm³/mol. The van der Waals surface area contributed by atoms with Gasteiger partial charge in [0.25, 0.3) is 0 Å². The number of likely N-dealkylation sites (tertiary alicyclic amines) is 1. The SMILES string of the molecule is COCC1(CNC(=O)C2CC(=O)N(C3CCCC3)C2)CCNCC1.Cl. The van der Waals surface area contributed by atoms with Gasteiger partial charge < -0.3 is 20.3 Å². The van der Waals surface area contributed by atoms with Crippen LogP contribution < -0.4 is 10.6 Å². The lowest BCUT2D eigenvalue weighted by Gasteiger charge is -2.37. The number of halogens is 1. The Balaban J connectivity index is 0.00000225. The van der Waals surface area contributed by atoms with E-state index in [0.29, 0.717) is 32.2 Å². The molecule has 144 valence electrons. The summed E-state index contributed by atoms with van der Waals surface area (Å²) < 4.78 is 5.40. The fraction of sp³-hybridized carbons (Fsp3) is 0.889. The molecule has 0 aromatic carbocycles. The fourth-order valence-electron chi connectivity index (χ4n) is 4.53. The molecule has 25 heavy (non-hydrogen) atoms. The van der Waals surface area contributed by atoms with Crippen molar-refractivity contribution in [2.45, 2.75) is 51.0 Å². The van der Waals surface area contributed by atoms with E-state index in [9.17, 15) is 9.59 Å². The number of ether oxygens (including phenoxy) is 1. The van der Waals surface area contributed by atoms with Gasteiger partial charge in [-0.25, -0.2) is 0 Å². The van der Waals surface area contributed by atoms with Crippen LogP contribution in [0.25, 0.3) is 0 Å². The summed E-state index contributed by atoms with van der Waals surface area (Å²) in [7, 11) is 1.72. The zero-order valence-corrected chi connectivity index (χ0v) is 16.0. The minimum absolute atomic E-state index is 0. The van der Waals surface area contributed by atoms with Crippen molar-refractivity contribution in [1.29, 1.82) is 0 Å². The summed E-state index contributed by atoms with van der Waals surface area (Å²) in [6, 6.07) is 0.375. The normalized spacial score (nSPS) is 26.5. The summed E-state index contributed by atoms with van der Waals surface area (Å²) in [6.07, 6.45) is 7.02. The lowest BCUT2D eigenvalue weighted by Crippen LogP contribution is -2.48. The molecule has 6 nitrogen and oxygen atoms in total. The van der Waals surface area contributed by atoms with Gasteiger partial charge in [0.2, 0.25) is 11.8 Å². The number of piperidine rings is 1. The van der Waals surface area contributed by atoms with Crippen LogP contribution >= 0.6 is 12.4 Å².